The van der Waals surface area contributed by atoms with E-state index in [9.17, 15) is 4.79 Å². The normalized spacial score (nSPS) is 10.8. The van der Waals surface area contributed by atoms with Gasteiger partial charge in [-0.25, -0.2) is 9.79 Å². The molecule has 1 heterocycles. The molecule has 1 aromatic heterocycles. The number of methoxy groups -OCH3 is 1. The second-order valence-electron chi connectivity index (χ2n) is 5.45. The topological polar surface area (TPSA) is 47.9 Å². The number of carbonyl (C=O) groups excluding carboxylic acids is 1. The molecule has 3 rings (SSSR count). The van der Waals surface area contributed by atoms with Crippen molar-refractivity contribution in [3.05, 3.63) is 71.1 Å². The molecular weight excluding hydrogens is 346 g/mol. The fourth-order valence-electron chi connectivity index (χ4n) is 2.53. The van der Waals surface area contributed by atoms with Crippen molar-refractivity contribution in [1.82, 2.24) is 0 Å². The van der Waals surface area contributed by atoms with Gasteiger partial charge in [-0.05, 0) is 30.2 Å². The van der Waals surface area contributed by atoms with E-state index in [0.29, 0.717) is 17.2 Å². The number of hydrogen-bond donors (Lipinski definition) is 0. The average molecular weight is 365 g/mol. The minimum Gasteiger partial charge on any atom is -0.497 e. The van der Waals surface area contributed by atoms with Crippen LogP contribution in [0.3, 0.4) is 0 Å². The molecule has 4 nitrogen and oxygen atoms in total. The van der Waals surface area contributed by atoms with Crippen LogP contribution in [0.5, 0.6) is 5.75 Å². The highest BCUT2D eigenvalue weighted by molar-refractivity contribution is 7.14. The smallest absolute Gasteiger partial charge is 0.341 e. The van der Waals surface area contributed by atoms with Crippen molar-refractivity contribution < 1.29 is 14.3 Å². The second kappa shape index (κ2) is 8.45. The number of aliphatic imine (C=N–C) groups is 1. The molecule has 0 N–H and O–H groups in total. The molecule has 0 spiro atoms. The zero-order valence-electron chi connectivity index (χ0n) is 14.6. The molecule has 0 aliphatic heterocycles. The lowest BCUT2D eigenvalue weighted by Crippen LogP contribution is -2.05. The van der Waals surface area contributed by atoms with Crippen LogP contribution in [0.4, 0.5) is 5.00 Å². The van der Waals surface area contributed by atoms with Crippen molar-refractivity contribution >= 4 is 28.5 Å². The summed E-state index contributed by atoms with van der Waals surface area (Å²) in [5, 5.41) is 2.57. The van der Waals surface area contributed by atoms with E-state index in [4.69, 9.17) is 9.47 Å². The number of esters is 1. The van der Waals surface area contributed by atoms with Crippen molar-refractivity contribution in [2.24, 2.45) is 4.99 Å². The molecule has 2 aromatic carbocycles. The summed E-state index contributed by atoms with van der Waals surface area (Å²) in [5.41, 5.74) is 3.21. The fourth-order valence-corrected chi connectivity index (χ4v) is 3.44. The molecule has 26 heavy (non-hydrogen) atoms. The van der Waals surface area contributed by atoms with E-state index in [2.05, 4.69) is 4.99 Å². The monoisotopic (exact) mass is 365 g/mol. The van der Waals surface area contributed by atoms with E-state index in [1.54, 1.807) is 20.2 Å². The van der Waals surface area contributed by atoms with E-state index in [0.717, 1.165) is 22.4 Å². The summed E-state index contributed by atoms with van der Waals surface area (Å²) in [7, 11) is 1.63. The summed E-state index contributed by atoms with van der Waals surface area (Å²) in [4.78, 5) is 17.1. The molecule has 0 saturated heterocycles. The van der Waals surface area contributed by atoms with Gasteiger partial charge in [0, 0.05) is 17.2 Å². The molecule has 0 radical (unpaired) electrons. The molecule has 0 bridgehead atoms. The lowest BCUT2D eigenvalue weighted by atomic mass is 10.0. The van der Waals surface area contributed by atoms with E-state index in [-0.39, 0.29) is 5.97 Å². The van der Waals surface area contributed by atoms with Crippen LogP contribution in [0, 0.1) is 0 Å². The molecule has 0 fully saturated rings. The maximum absolute atomic E-state index is 12.5. The number of rotatable bonds is 6. The van der Waals surface area contributed by atoms with Gasteiger partial charge < -0.3 is 9.47 Å². The minimum absolute atomic E-state index is 0.321. The Bertz CT molecular complexity index is 916. The molecule has 0 aliphatic carbocycles. The number of thiophene rings is 1. The van der Waals surface area contributed by atoms with Crippen LogP contribution >= 0.6 is 11.3 Å². The highest BCUT2D eigenvalue weighted by Crippen LogP contribution is 2.38. The molecule has 132 valence electrons. The van der Waals surface area contributed by atoms with Crippen molar-refractivity contribution in [1.29, 1.82) is 0 Å². The standard InChI is InChI=1S/C21H19NO3S/c1-3-25-21(23)19-18(16-9-5-4-6-10-16)14-26-20(19)22-13-15-8-7-11-17(12-15)24-2/h4-14H,3H2,1-2H3. The Morgan fingerprint density at radius 1 is 1.15 bits per heavy atom. The molecule has 0 aliphatic rings. The minimum atomic E-state index is -0.356. The predicted octanol–water partition coefficient (Wildman–Crippen LogP) is 5.35. The summed E-state index contributed by atoms with van der Waals surface area (Å²) in [6, 6.07) is 17.4. The molecule has 0 amide bonds. The van der Waals surface area contributed by atoms with Gasteiger partial charge in [-0.2, -0.15) is 0 Å². The van der Waals surface area contributed by atoms with Gasteiger partial charge in [0.15, 0.2) is 0 Å². The third-order valence-electron chi connectivity index (χ3n) is 3.76. The third-order valence-corrected chi connectivity index (χ3v) is 4.65. The molecule has 0 unspecified atom stereocenters. The van der Waals surface area contributed by atoms with Gasteiger partial charge >= 0.3 is 5.97 Å². The van der Waals surface area contributed by atoms with Crippen LogP contribution in [0.15, 0.2) is 65.0 Å². The van der Waals surface area contributed by atoms with Crippen LogP contribution in [0.25, 0.3) is 11.1 Å². The summed E-state index contributed by atoms with van der Waals surface area (Å²) >= 11 is 1.42. The number of carbonyl (C=O) groups is 1. The summed E-state index contributed by atoms with van der Waals surface area (Å²) < 4.78 is 10.5. The number of ether oxygens (including phenoxy) is 2. The summed E-state index contributed by atoms with van der Waals surface area (Å²) in [6.07, 6.45) is 1.73. The van der Waals surface area contributed by atoms with Crippen molar-refractivity contribution in [2.75, 3.05) is 13.7 Å². The molecule has 0 atom stereocenters. The molecule has 5 heteroatoms. The van der Waals surface area contributed by atoms with Gasteiger partial charge in [-0.1, -0.05) is 42.5 Å². The van der Waals surface area contributed by atoms with E-state index < -0.39 is 0 Å². The Balaban J connectivity index is 2.00. The Morgan fingerprint density at radius 3 is 2.69 bits per heavy atom. The number of benzene rings is 2. The van der Waals surface area contributed by atoms with Crippen LogP contribution in [0.1, 0.15) is 22.8 Å². The average Bonchev–Trinajstić information content (AvgIpc) is 3.11. The first kappa shape index (κ1) is 17.9. The highest BCUT2D eigenvalue weighted by atomic mass is 32.1. The fraction of sp³-hybridized carbons (Fsp3) is 0.143. The Hall–Kier alpha value is -2.92. The van der Waals surface area contributed by atoms with Crippen molar-refractivity contribution in [2.45, 2.75) is 6.92 Å². The van der Waals surface area contributed by atoms with Crippen LogP contribution in [-0.2, 0) is 4.74 Å². The predicted molar refractivity (Wildman–Crippen MR) is 106 cm³/mol. The SMILES string of the molecule is CCOC(=O)c1c(-c2ccccc2)csc1N=Cc1cccc(OC)c1. The van der Waals surface area contributed by atoms with Crippen LogP contribution in [-0.4, -0.2) is 25.9 Å². The number of hydrogen-bond acceptors (Lipinski definition) is 5. The Kier molecular flexibility index (Phi) is 5.81. The van der Waals surface area contributed by atoms with Gasteiger partial charge in [0.2, 0.25) is 0 Å². The number of nitrogens with zero attached hydrogens (tertiary/aromatic N) is 1. The summed E-state index contributed by atoms with van der Waals surface area (Å²) in [5.74, 6) is 0.404. The highest BCUT2D eigenvalue weighted by Gasteiger charge is 2.20. The first-order valence-corrected chi connectivity index (χ1v) is 9.13. The van der Waals surface area contributed by atoms with Gasteiger partial charge in [-0.15, -0.1) is 11.3 Å². The lowest BCUT2D eigenvalue weighted by Gasteiger charge is -2.05. The van der Waals surface area contributed by atoms with Gasteiger partial charge in [0.25, 0.3) is 0 Å². The van der Waals surface area contributed by atoms with E-state index in [1.807, 2.05) is 60.0 Å². The van der Waals surface area contributed by atoms with Gasteiger partial charge in [0.05, 0.1) is 13.7 Å². The Morgan fingerprint density at radius 2 is 1.96 bits per heavy atom. The largest absolute Gasteiger partial charge is 0.497 e. The van der Waals surface area contributed by atoms with Crippen molar-refractivity contribution in [3.63, 3.8) is 0 Å². The van der Waals surface area contributed by atoms with E-state index >= 15 is 0 Å². The van der Waals surface area contributed by atoms with Crippen LogP contribution in [0.2, 0.25) is 0 Å². The zero-order valence-corrected chi connectivity index (χ0v) is 15.5. The lowest BCUT2D eigenvalue weighted by molar-refractivity contribution is 0.0529. The summed E-state index contributed by atoms with van der Waals surface area (Å²) in [6.45, 7) is 2.12. The molecule has 0 saturated carbocycles. The molecular formula is C21H19NO3S. The molecule has 3 aromatic rings. The first-order chi connectivity index (χ1) is 12.7. The Labute approximate surface area is 156 Å². The van der Waals surface area contributed by atoms with Crippen molar-refractivity contribution in [3.8, 4) is 16.9 Å². The van der Waals surface area contributed by atoms with Gasteiger partial charge in [0.1, 0.15) is 16.3 Å². The quantitative estimate of drug-likeness (QED) is 0.437. The van der Waals surface area contributed by atoms with Gasteiger partial charge in [-0.3, -0.25) is 0 Å². The maximum Gasteiger partial charge on any atom is 0.341 e. The second-order valence-corrected chi connectivity index (χ2v) is 6.31. The first-order valence-electron chi connectivity index (χ1n) is 8.25. The zero-order chi connectivity index (χ0) is 18.4. The van der Waals surface area contributed by atoms with E-state index in [1.165, 1.54) is 11.3 Å². The maximum atomic E-state index is 12.5. The van der Waals surface area contributed by atoms with Crippen LogP contribution < -0.4 is 4.74 Å². The third kappa shape index (κ3) is 4.00.